The van der Waals surface area contributed by atoms with Crippen LogP contribution in [0.2, 0.25) is 0 Å². The molecule has 0 unspecified atom stereocenters. The molecule has 0 atom stereocenters. The molecule has 0 saturated heterocycles. The number of urea groups is 1. The molecule has 0 aliphatic carbocycles. The molecule has 1 aliphatic heterocycles. The summed E-state index contributed by atoms with van der Waals surface area (Å²) in [6.07, 6.45) is 0.495. The molecule has 8 nitrogen and oxygen atoms in total. The van der Waals surface area contributed by atoms with E-state index < -0.39 is 10.0 Å². The van der Waals surface area contributed by atoms with Crippen LogP contribution >= 0.6 is 11.3 Å². The summed E-state index contributed by atoms with van der Waals surface area (Å²) in [5.41, 5.74) is 0.828. The van der Waals surface area contributed by atoms with Crippen LogP contribution in [0.5, 0.6) is 5.75 Å². The fraction of sp³-hybridized carbons (Fsp3) is 0.444. The van der Waals surface area contributed by atoms with Gasteiger partial charge in [-0.2, -0.15) is 4.31 Å². The number of hydrogen-bond acceptors (Lipinski definition) is 6. The van der Waals surface area contributed by atoms with E-state index in [1.807, 2.05) is 20.8 Å². The van der Waals surface area contributed by atoms with Crippen LogP contribution in [-0.4, -0.2) is 42.9 Å². The number of hydrogen-bond donors (Lipinski definition) is 2. The highest BCUT2D eigenvalue weighted by molar-refractivity contribution is 7.89. The summed E-state index contributed by atoms with van der Waals surface area (Å²) in [6, 6.07) is 6.35. The van der Waals surface area contributed by atoms with Crippen LogP contribution in [0, 0.1) is 0 Å². The van der Waals surface area contributed by atoms with Crippen molar-refractivity contribution in [2.45, 2.75) is 44.7 Å². The normalized spacial score (nSPS) is 14.6. The number of sulfonamides is 1. The van der Waals surface area contributed by atoms with E-state index in [-0.39, 0.29) is 23.5 Å². The van der Waals surface area contributed by atoms with Gasteiger partial charge in [-0.25, -0.2) is 18.2 Å². The lowest BCUT2D eigenvalue weighted by molar-refractivity contribution is 0.250. The number of nitrogens with one attached hydrogen (secondary N) is 2. The topological polar surface area (TPSA) is 101 Å². The van der Waals surface area contributed by atoms with Crippen molar-refractivity contribution in [1.29, 1.82) is 0 Å². The maximum absolute atomic E-state index is 13.1. The number of rotatable bonds is 6. The third-order valence-corrected chi connectivity index (χ3v) is 6.99. The molecule has 10 heteroatoms. The van der Waals surface area contributed by atoms with Crippen molar-refractivity contribution in [2.75, 3.05) is 18.5 Å². The number of para-hydroxylation sites is 1. The Balaban J connectivity index is 1.79. The number of aromatic nitrogens is 1. The standard InChI is InChI=1S/C18H24N4O4S2/c1-4-26-14-7-5-6-8-16(14)28(24,25)22-10-9-13-15(11-22)27-18(20-13)21-17(23)19-12(2)3/h5-8,12H,4,9-11H2,1-3H3,(H2,19,20,21,23). The number of nitrogens with zero attached hydrogens (tertiary/aromatic N) is 2. The third-order valence-electron chi connectivity index (χ3n) is 4.10. The Morgan fingerprint density at radius 3 is 2.82 bits per heavy atom. The molecular formula is C18H24N4O4S2. The smallest absolute Gasteiger partial charge is 0.321 e. The predicted molar refractivity (Wildman–Crippen MR) is 108 cm³/mol. The molecule has 2 heterocycles. The molecule has 1 aliphatic rings. The summed E-state index contributed by atoms with van der Waals surface area (Å²) in [4.78, 5) is 17.3. The van der Waals surface area contributed by atoms with Gasteiger partial charge in [-0.1, -0.05) is 23.5 Å². The molecule has 0 fully saturated rings. The van der Waals surface area contributed by atoms with Gasteiger partial charge in [0.05, 0.1) is 18.8 Å². The Kier molecular flexibility index (Phi) is 6.21. The fourth-order valence-corrected chi connectivity index (χ4v) is 5.54. The molecular weight excluding hydrogens is 400 g/mol. The molecule has 1 aromatic heterocycles. The average molecular weight is 425 g/mol. The molecule has 0 spiro atoms. The molecule has 152 valence electrons. The number of carbonyl (C=O) groups excluding carboxylic acids is 1. The molecule has 0 saturated carbocycles. The number of benzene rings is 1. The molecule has 0 bridgehead atoms. The molecule has 0 radical (unpaired) electrons. The highest BCUT2D eigenvalue weighted by atomic mass is 32.2. The Hall–Kier alpha value is -2.17. The maximum atomic E-state index is 13.1. The predicted octanol–water partition coefficient (Wildman–Crippen LogP) is 2.82. The lowest BCUT2D eigenvalue weighted by atomic mass is 10.2. The Bertz CT molecular complexity index is 956. The summed E-state index contributed by atoms with van der Waals surface area (Å²) in [5.74, 6) is 0.354. The highest BCUT2D eigenvalue weighted by Gasteiger charge is 2.32. The SMILES string of the molecule is CCOc1ccccc1S(=O)(=O)N1CCc2nc(NC(=O)NC(C)C)sc2C1. The molecule has 2 amide bonds. The maximum Gasteiger partial charge on any atom is 0.321 e. The van der Waals surface area contributed by atoms with Gasteiger partial charge in [0.25, 0.3) is 0 Å². The van der Waals surface area contributed by atoms with E-state index in [2.05, 4.69) is 15.6 Å². The zero-order valence-electron chi connectivity index (χ0n) is 16.1. The zero-order valence-corrected chi connectivity index (χ0v) is 17.7. The first kappa shape index (κ1) is 20.6. The summed E-state index contributed by atoms with van der Waals surface area (Å²) < 4.78 is 33.2. The van der Waals surface area contributed by atoms with E-state index in [0.717, 1.165) is 10.6 Å². The lowest BCUT2D eigenvalue weighted by Crippen LogP contribution is -2.35. The van der Waals surface area contributed by atoms with E-state index in [4.69, 9.17) is 4.74 Å². The first-order valence-corrected chi connectivity index (χ1v) is 11.3. The van der Waals surface area contributed by atoms with Crippen LogP contribution in [0.1, 0.15) is 31.3 Å². The monoisotopic (exact) mass is 424 g/mol. The van der Waals surface area contributed by atoms with Gasteiger partial charge in [-0.15, -0.1) is 0 Å². The van der Waals surface area contributed by atoms with E-state index in [0.29, 0.717) is 30.5 Å². The summed E-state index contributed by atoms with van der Waals surface area (Å²) in [5, 5.41) is 5.92. The number of thiazole rings is 1. The molecule has 2 N–H and O–H groups in total. The van der Waals surface area contributed by atoms with E-state index in [1.165, 1.54) is 15.6 Å². The van der Waals surface area contributed by atoms with Crippen molar-refractivity contribution in [3.63, 3.8) is 0 Å². The molecule has 28 heavy (non-hydrogen) atoms. The second-order valence-electron chi connectivity index (χ2n) is 6.61. The highest BCUT2D eigenvalue weighted by Crippen LogP contribution is 2.33. The van der Waals surface area contributed by atoms with Crippen LogP contribution < -0.4 is 15.4 Å². The first-order chi connectivity index (χ1) is 13.3. The number of amides is 2. The van der Waals surface area contributed by atoms with Crippen LogP contribution in [0.3, 0.4) is 0 Å². The minimum atomic E-state index is -3.70. The minimum Gasteiger partial charge on any atom is -0.492 e. The summed E-state index contributed by atoms with van der Waals surface area (Å²) >= 11 is 1.30. The van der Waals surface area contributed by atoms with Crippen molar-refractivity contribution in [3.8, 4) is 5.75 Å². The number of fused-ring (bicyclic) bond motifs is 1. The average Bonchev–Trinajstić information content (AvgIpc) is 3.02. The second kappa shape index (κ2) is 8.46. The Morgan fingerprint density at radius 1 is 1.36 bits per heavy atom. The van der Waals surface area contributed by atoms with Crippen LogP contribution in [0.25, 0.3) is 0 Å². The lowest BCUT2D eigenvalue weighted by Gasteiger charge is -2.26. The van der Waals surface area contributed by atoms with Gasteiger partial charge in [-0.05, 0) is 32.9 Å². The largest absolute Gasteiger partial charge is 0.492 e. The number of anilines is 1. The molecule has 1 aromatic carbocycles. The van der Waals surface area contributed by atoms with Crippen molar-refractivity contribution < 1.29 is 17.9 Å². The first-order valence-electron chi connectivity index (χ1n) is 9.09. The van der Waals surface area contributed by atoms with Crippen molar-refractivity contribution >= 4 is 32.5 Å². The van der Waals surface area contributed by atoms with Crippen molar-refractivity contribution in [1.82, 2.24) is 14.6 Å². The quantitative estimate of drug-likeness (QED) is 0.743. The van der Waals surface area contributed by atoms with E-state index in [9.17, 15) is 13.2 Å². The fourth-order valence-electron chi connectivity index (χ4n) is 2.90. The van der Waals surface area contributed by atoms with Gasteiger partial charge in [0.2, 0.25) is 10.0 Å². The van der Waals surface area contributed by atoms with Crippen molar-refractivity contribution in [3.05, 3.63) is 34.8 Å². The number of carbonyl (C=O) groups is 1. The van der Waals surface area contributed by atoms with Crippen LogP contribution in [-0.2, 0) is 23.0 Å². The van der Waals surface area contributed by atoms with Gasteiger partial charge < -0.3 is 10.1 Å². The van der Waals surface area contributed by atoms with Gasteiger partial charge in [0.15, 0.2) is 5.13 Å². The van der Waals surface area contributed by atoms with Gasteiger partial charge >= 0.3 is 6.03 Å². The zero-order chi connectivity index (χ0) is 20.3. The summed E-state index contributed by atoms with van der Waals surface area (Å²) in [6.45, 7) is 6.50. The van der Waals surface area contributed by atoms with Gasteiger partial charge in [0.1, 0.15) is 10.6 Å². The van der Waals surface area contributed by atoms with E-state index in [1.54, 1.807) is 24.3 Å². The Morgan fingerprint density at radius 2 is 2.11 bits per heavy atom. The molecule has 3 rings (SSSR count). The Labute approximate surface area is 169 Å². The van der Waals surface area contributed by atoms with Gasteiger partial charge in [0, 0.05) is 23.9 Å². The summed E-state index contributed by atoms with van der Waals surface area (Å²) in [7, 11) is -3.70. The van der Waals surface area contributed by atoms with Crippen molar-refractivity contribution in [2.24, 2.45) is 0 Å². The number of ether oxygens (including phenoxy) is 1. The van der Waals surface area contributed by atoms with E-state index >= 15 is 0 Å². The third kappa shape index (κ3) is 4.45. The van der Waals surface area contributed by atoms with Crippen LogP contribution in [0.15, 0.2) is 29.2 Å². The van der Waals surface area contributed by atoms with Gasteiger partial charge in [-0.3, -0.25) is 5.32 Å². The van der Waals surface area contributed by atoms with Crippen LogP contribution in [0.4, 0.5) is 9.93 Å². The second-order valence-corrected chi connectivity index (χ2v) is 9.60. The molecule has 2 aromatic rings. The minimum absolute atomic E-state index is 0.0145.